The summed E-state index contributed by atoms with van der Waals surface area (Å²) in [6, 6.07) is 9.07. The number of halogens is 3. The van der Waals surface area contributed by atoms with Gasteiger partial charge < -0.3 is 4.90 Å². The number of sulfonamides is 1. The molecule has 0 spiro atoms. The van der Waals surface area contributed by atoms with E-state index < -0.39 is 27.4 Å². The van der Waals surface area contributed by atoms with Crippen molar-refractivity contribution in [3.8, 4) is 29.0 Å². The lowest BCUT2D eigenvalue weighted by Gasteiger charge is -2.46. The van der Waals surface area contributed by atoms with E-state index in [1.54, 1.807) is 36.6 Å². The molecule has 3 aliphatic rings. The number of rotatable bonds is 9. The van der Waals surface area contributed by atoms with Crippen molar-refractivity contribution in [2.75, 3.05) is 30.8 Å². The van der Waals surface area contributed by atoms with Gasteiger partial charge >= 0.3 is 0 Å². The van der Waals surface area contributed by atoms with Crippen LogP contribution in [0.3, 0.4) is 0 Å². The van der Waals surface area contributed by atoms with Crippen molar-refractivity contribution in [2.45, 2.75) is 70.0 Å². The molecule has 0 unspecified atom stereocenters. The summed E-state index contributed by atoms with van der Waals surface area (Å²) in [6.45, 7) is 2.97. The molecule has 17 heteroatoms. The van der Waals surface area contributed by atoms with Gasteiger partial charge in [-0.05, 0) is 62.8 Å². The van der Waals surface area contributed by atoms with E-state index >= 15 is 0 Å². The van der Waals surface area contributed by atoms with E-state index in [9.17, 15) is 32.0 Å². The quantitative estimate of drug-likeness (QED) is 0.172. The fourth-order valence-electron chi connectivity index (χ4n) is 7.77. The highest BCUT2D eigenvalue weighted by Crippen LogP contribution is 2.42. The Morgan fingerprint density at radius 2 is 1.89 bits per heavy atom. The molecule has 57 heavy (non-hydrogen) atoms. The van der Waals surface area contributed by atoms with Gasteiger partial charge in [0, 0.05) is 78.4 Å². The van der Waals surface area contributed by atoms with Crippen LogP contribution in [0.15, 0.2) is 46.8 Å². The molecular formula is C40H37ClF2N8O4S2. The van der Waals surface area contributed by atoms with Crippen molar-refractivity contribution in [3.63, 3.8) is 0 Å². The highest BCUT2D eigenvalue weighted by Gasteiger charge is 2.48. The van der Waals surface area contributed by atoms with Crippen molar-refractivity contribution < 1.29 is 22.0 Å². The Morgan fingerprint density at radius 3 is 2.60 bits per heavy atom. The predicted molar refractivity (Wildman–Crippen MR) is 215 cm³/mol. The summed E-state index contributed by atoms with van der Waals surface area (Å²) in [5.41, 5.74) is 2.39. The number of benzene rings is 1. The molecular weight excluding hydrogens is 794 g/mol. The van der Waals surface area contributed by atoms with E-state index in [1.807, 2.05) is 11.9 Å². The zero-order valence-electron chi connectivity index (χ0n) is 31.1. The number of nitrogens with one attached hydrogen (secondary N) is 1. The van der Waals surface area contributed by atoms with Gasteiger partial charge in [0.15, 0.2) is 0 Å². The molecule has 1 saturated heterocycles. The van der Waals surface area contributed by atoms with Crippen LogP contribution in [-0.4, -0.2) is 82.6 Å². The Morgan fingerprint density at radius 1 is 1.14 bits per heavy atom. The minimum absolute atomic E-state index is 0.00611. The van der Waals surface area contributed by atoms with Crippen molar-refractivity contribution in [1.82, 2.24) is 29.1 Å². The Labute approximate surface area is 336 Å². The Hall–Kier alpha value is -5.00. The number of likely N-dealkylation sites (tertiary alicyclic amines) is 1. The SMILES string of the molecule is Cc1nc2cnc(N(C)C3CCN(C4CC(F)(F)C4)CC3)c(C#N)c2c(=O)n1CC#Cc1ccc(Cl)cc1-c1ccnc2c(C(=O)NS(=O)(=O)CC3CC3)csc12. The minimum Gasteiger partial charge on any atom is -0.355 e. The van der Waals surface area contributed by atoms with Crippen LogP contribution in [0.5, 0.6) is 0 Å². The van der Waals surface area contributed by atoms with Crippen LogP contribution in [0.4, 0.5) is 14.6 Å². The number of alkyl halides is 2. The molecule has 5 heterocycles. The number of thiophene rings is 1. The molecule has 0 bridgehead atoms. The molecule has 0 radical (unpaired) electrons. The highest BCUT2D eigenvalue weighted by molar-refractivity contribution is 7.90. The monoisotopic (exact) mass is 830 g/mol. The summed E-state index contributed by atoms with van der Waals surface area (Å²) in [4.78, 5) is 44.8. The molecule has 3 fully saturated rings. The van der Waals surface area contributed by atoms with Gasteiger partial charge in [-0.15, -0.1) is 11.3 Å². The zero-order valence-corrected chi connectivity index (χ0v) is 33.4. The van der Waals surface area contributed by atoms with E-state index in [0.717, 1.165) is 12.8 Å². The Kier molecular flexibility index (Phi) is 10.3. The van der Waals surface area contributed by atoms with Gasteiger partial charge in [0.05, 0.1) is 45.2 Å². The Balaban J connectivity index is 1.06. The summed E-state index contributed by atoms with van der Waals surface area (Å²) in [5.74, 6) is 3.68. The average molecular weight is 831 g/mol. The molecule has 0 atom stereocenters. The van der Waals surface area contributed by atoms with Crippen LogP contribution in [0, 0.1) is 36.0 Å². The first-order valence-electron chi connectivity index (χ1n) is 18.6. The van der Waals surface area contributed by atoms with Gasteiger partial charge in [-0.25, -0.2) is 31.9 Å². The van der Waals surface area contributed by atoms with Gasteiger partial charge in [-0.2, -0.15) is 5.26 Å². The maximum absolute atomic E-state index is 14.1. The second kappa shape index (κ2) is 15.1. The minimum atomic E-state index is -3.79. The van der Waals surface area contributed by atoms with Crippen LogP contribution in [0.2, 0.25) is 5.02 Å². The lowest BCUT2D eigenvalue weighted by molar-refractivity contribution is -0.127. The molecule has 8 rings (SSSR count). The number of amides is 1. The third-order valence-electron chi connectivity index (χ3n) is 11.1. The van der Waals surface area contributed by atoms with Gasteiger partial charge in [0.1, 0.15) is 23.3 Å². The number of pyridine rings is 2. The van der Waals surface area contributed by atoms with Crippen LogP contribution < -0.4 is 15.2 Å². The number of hydrogen-bond acceptors (Lipinski definition) is 11. The maximum Gasteiger partial charge on any atom is 0.267 e. The first-order valence-corrected chi connectivity index (χ1v) is 21.5. The van der Waals surface area contributed by atoms with E-state index in [0.29, 0.717) is 75.0 Å². The number of piperidine rings is 1. The highest BCUT2D eigenvalue weighted by atomic mass is 35.5. The van der Waals surface area contributed by atoms with E-state index in [2.05, 4.69) is 42.5 Å². The summed E-state index contributed by atoms with van der Waals surface area (Å²) in [5, 5.41) is 12.5. The first-order chi connectivity index (χ1) is 27.2. The second-order valence-corrected chi connectivity index (χ2v) is 18.1. The van der Waals surface area contributed by atoms with Crippen LogP contribution in [0.25, 0.3) is 32.2 Å². The molecule has 1 amide bonds. The van der Waals surface area contributed by atoms with E-state index in [4.69, 9.17) is 11.6 Å². The van der Waals surface area contributed by atoms with E-state index in [-0.39, 0.29) is 59.7 Å². The average Bonchev–Trinajstić information content (AvgIpc) is 3.86. The molecule has 4 aromatic heterocycles. The molecule has 2 aliphatic carbocycles. The first kappa shape index (κ1) is 38.9. The fraction of sp³-hybridized carbons (Fsp3) is 0.400. The van der Waals surface area contributed by atoms with Crippen molar-refractivity contribution >= 4 is 65.8 Å². The second-order valence-electron chi connectivity index (χ2n) is 15.0. The van der Waals surface area contributed by atoms with Crippen molar-refractivity contribution in [1.29, 1.82) is 5.26 Å². The third-order valence-corrected chi connectivity index (χ3v) is 13.7. The number of aryl methyl sites for hydroxylation is 1. The summed E-state index contributed by atoms with van der Waals surface area (Å²) < 4.78 is 56.3. The zero-order chi connectivity index (χ0) is 40.2. The summed E-state index contributed by atoms with van der Waals surface area (Å²) in [7, 11) is -1.95. The molecule has 1 aliphatic heterocycles. The van der Waals surface area contributed by atoms with Gasteiger partial charge in [0.25, 0.3) is 17.4 Å². The molecule has 5 aromatic rings. The summed E-state index contributed by atoms with van der Waals surface area (Å²) >= 11 is 7.71. The predicted octanol–water partition coefficient (Wildman–Crippen LogP) is 6.12. The standard InChI is InChI=1S/C40H37ClF2N8O4S2/c1-23-47-33-20-46-37(49(2)27-10-14-50(15-11-27)28-17-40(42,43)18-28)31(19-44)34(33)39(53)51(23)13-3-4-25-7-8-26(41)16-30(25)29-9-12-45-35-32(21-56-36(29)35)38(52)48-57(54,55)22-24-5-6-24/h7-9,12,16,20-21,24,27-28H,5-6,10-11,13-15,17-18,22H2,1-2H3,(H,48,52). The number of carbonyl (C=O) groups is 1. The lowest BCUT2D eigenvalue weighted by Crippen LogP contribution is -2.55. The number of hydrogen-bond donors (Lipinski definition) is 1. The number of aromatic nitrogens is 4. The fourth-order valence-corrected chi connectivity index (χ4v) is 10.4. The molecule has 1 N–H and O–H groups in total. The third kappa shape index (κ3) is 7.84. The molecule has 12 nitrogen and oxygen atoms in total. The number of anilines is 1. The van der Waals surface area contributed by atoms with Gasteiger partial charge in [-0.3, -0.25) is 24.0 Å². The van der Waals surface area contributed by atoms with Crippen molar-refractivity contribution in [2.24, 2.45) is 5.92 Å². The van der Waals surface area contributed by atoms with Gasteiger partial charge in [-0.1, -0.05) is 23.4 Å². The van der Waals surface area contributed by atoms with Crippen LogP contribution in [0.1, 0.15) is 65.8 Å². The molecule has 294 valence electrons. The van der Waals surface area contributed by atoms with Crippen LogP contribution in [-0.2, 0) is 16.6 Å². The van der Waals surface area contributed by atoms with Crippen molar-refractivity contribution in [3.05, 3.63) is 79.9 Å². The number of nitrogens with zero attached hydrogens (tertiary/aromatic N) is 7. The lowest BCUT2D eigenvalue weighted by atomic mass is 9.85. The largest absolute Gasteiger partial charge is 0.355 e. The normalized spacial score (nSPS) is 17.5. The molecule has 2 saturated carbocycles. The van der Waals surface area contributed by atoms with E-state index in [1.165, 1.54) is 28.3 Å². The molecule has 1 aromatic carbocycles. The van der Waals surface area contributed by atoms with Crippen LogP contribution >= 0.6 is 22.9 Å². The maximum atomic E-state index is 14.1. The number of carbonyl (C=O) groups excluding carboxylic acids is 1. The smallest absolute Gasteiger partial charge is 0.267 e. The number of nitriles is 1. The topological polar surface area (TPSA) is 154 Å². The number of fused-ring (bicyclic) bond motifs is 2. The summed E-state index contributed by atoms with van der Waals surface area (Å²) in [6.07, 6.45) is 5.91. The van der Waals surface area contributed by atoms with Gasteiger partial charge in [0.2, 0.25) is 10.0 Å². The Bertz CT molecular complexity index is 2720.